The molecule has 0 spiro atoms. The maximum atomic E-state index is 11.0. The Kier molecular flexibility index (Phi) is 3.31. The molecule has 76 valence electrons. The Hall–Kier alpha value is -0.570. The first-order valence-corrected chi connectivity index (χ1v) is 4.83. The van der Waals surface area contributed by atoms with Crippen LogP contribution < -0.4 is 0 Å². The first-order chi connectivity index (χ1) is 6.03. The first kappa shape index (κ1) is 10.5. The predicted molar refractivity (Wildman–Crippen MR) is 51.5 cm³/mol. The second-order valence-corrected chi connectivity index (χ2v) is 4.52. The van der Waals surface area contributed by atoms with Gasteiger partial charge in [-0.05, 0) is 31.3 Å². The third-order valence-corrected chi connectivity index (χ3v) is 2.79. The molecule has 1 fully saturated rings. The lowest BCUT2D eigenvalue weighted by Gasteiger charge is -2.36. The molecule has 0 atom stereocenters. The van der Waals surface area contributed by atoms with Crippen molar-refractivity contribution in [1.29, 1.82) is 0 Å². The number of esters is 1. The van der Waals surface area contributed by atoms with Crippen molar-refractivity contribution in [1.82, 2.24) is 4.90 Å². The van der Waals surface area contributed by atoms with Crippen LogP contribution in [0.25, 0.3) is 0 Å². The van der Waals surface area contributed by atoms with E-state index < -0.39 is 0 Å². The van der Waals surface area contributed by atoms with Gasteiger partial charge in [-0.25, -0.2) is 0 Å². The molecule has 0 saturated carbocycles. The lowest BCUT2D eigenvalue weighted by molar-refractivity contribution is -0.142. The fourth-order valence-corrected chi connectivity index (χ4v) is 1.56. The van der Waals surface area contributed by atoms with Crippen molar-refractivity contribution in [2.75, 3.05) is 26.7 Å². The Morgan fingerprint density at radius 1 is 1.38 bits per heavy atom. The Morgan fingerprint density at radius 3 is 2.38 bits per heavy atom. The van der Waals surface area contributed by atoms with Gasteiger partial charge in [0.1, 0.15) is 0 Å². The van der Waals surface area contributed by atoms with E-state index in [0.29, 0.717) is 12.0 Å². The number of ether oxygens (including phenoxy) is 1. The molecule has 0 N–H and O–H groups in total. The Bertz CT molecular complexity index is 179. The summed E-state index contributed by atoms with van der Waals surface area (Å²) in [6.45, 7) is 7.04. The topological polar surface area (TPSA) is 29.5 Å². The molecule has 0 bridgehead atoms. The van der Waals surface area contributed by atoms with E-state index in [4.69, 9.17) is 0 Å². The smallest absolute Gasteiger partial charge is 0.319 e. The zero-order chi connectivity index (χ0) is 9.90. The summed E-state index contributed by atoms with van der Waals surface area (Å²) in [5.41, 5.74) is 0.451. The minimum Gasteiger partial charge on any atom is -0.468 e. The average molecular weight is 185 g/mol. The van der Waals surface area contributed by atoms with Crippen LogP contribution in [0.1, 0.15) is 26.7 Å². The summed E-state index contributed by atoms with van der Waals surface area (Å²) in [7, 11) is 1.44. The molecule has 0 aliphatic carbocycles. The third kappa shape index (κ3) is 3.35. The highest BCUT2D eigenvalue weighted by Crippen LogP contribution is 2.29. The van der Waals surface area contributed by atoms with Crippen LogP contribution in [0.15, 0.2) is 0 Å². The molecule has 1 heterocycles. The number of likely N-dealkylation sites (tertiary alicyclic amines) is 1. The van der Waals surface area contributed by atoms with Crippen molar-refractivity contribution in [3.63, 3.8) is 0 Å². The van der Waals surface area contributed by atoms with Crippen LogP contribution in [-0.2, 0) is 9.53 Å². The van der Waals surface area contributed by atoms with E-state index in [0.717, 1.165) is 13.1 Å². The average Bonchev–Trinajstić information content (AvgIpc) is 2.08. The van der Waals surface area contributed by atoms with E-state index in [2.05, 4.69) is 23.5 Å². The zero-order valence-corrected chi connectivity index (χ0v) is 8.80. The molecule has 0 radical (unpaired) electrons. The van der Waals surface area contributed by atoms with Crippen LogP contribution >= 0.6 is 0 Å². The number of hydrogen-bond donors (Lipinski definition) is 0. The van der Waals surface area contributed by atoms with E-state index >= 15 is 0 Å². The molecule has 0 aromatic rings. The maximum Gasteiger partial charge on any atom is 0.319 e. The second-order valence-electron chi connectivity index (χ2n) is 4.52. The summed E-state index contributed by atoms with van der Waals surface area (Å²) in [6, 6.07) is 0. The maximum absolute atomic E-state index is 11.0. The first-order valence-electron chi connectivity index (χ1n) is 4.83. The summed E-state index contributed by atoms with van der Waals surface area (Å²) in [5, 5.41) is 0. The molecule has 0 amide bonds. The van der Waals surface area contributed by atoms with Crippen molar-refractivity contribution in [2.45, 2.75) is 26.7 Å². The molecule has 0 aromatic carbocycles. The quantitative estimate of drug-likeness (QED) is 0.607. The number of methoxy groups -OCH3 is 1. The van der Waals surface area contributed by atoms with Gasteiger partial charge in [0.2, 0.25) is 0 Å². The minimum atomic E-state index is -0.125. The van der Waals surface area contributed by atoms with E-state index in [1.54, 1.807) is 0 Å². The molecule has 13 heavy (non-hydrogen) atoms. The van der Waals surface area contributed by atoms with Gasteiger partial charge >= 0.3 is 5.97 Å². The minimum absolute atomic E-state index is 0.125. The third-order valence-electron chi connectivity index (χ3n) is 2.79. The zero-order valence-electron chi connectivity index (χ0n) is 8.80. The van der Waals surface area contributed by atoms with Gasteiger partial charge in [-0.1, -0.05) is 13.8 Å². The van der Waals surface area contributed by atoms with Crippen molar-refractivity contribution >= 4 is 5.97 Å². The lowest BCUT2D eigenvalue weighted by Crippen LogP contribution is -2.40. The summed E-state index contributed by atoms with van der Waals surface area (Å²) >= 11 is 0. The molecule has 3 nitrogen and oxygen atoms in total. The molecule has 3 heteroatoms. The van der Waals surface area contributed by atoms with Gasteiger partial charge in [0.25, 0.3) is 0 Å². The summed E-state index contributed by atoms with van der Waals surface area (Å²) in [4.78, 5) is 13.1. The second kappa shape index (κ2) is 4.09. The molecule has 1 aliphatic heterocycles. The fraction of sp³-hybridized carbons (Fsp3) is 0.900. The Morgan fingerprint density at radius 2 is 1.92 bits per heavy atom. The molecule has 1 aliphatic rings. The van der Waals surface area contributed by atoms with Crippen molar-refractivity contribution in [3.8, 4) is 0 Å². The van der Waals surface area contributed by atoms with Gasteiger partial charge in [-0.2, -0.15) is 0 Å². The normalized spacial score (nSPS) is 22.7. The van der Waals surface area contributed by atoms with Crippen LogP contribution in [-0.4, -0.2) is 37.6 Å². The van der Waals surface area contributed by atoms with Crippen LogP contribution in [0.2, 0.25) is 0 Å². The number of carbonyl (C=O) groups excluding carboxylic acids is 1. The van der Waals surface area contributed by atoms with Gasteiger partial charge in [0.05, 0.1) is 13.7 Å². The highest BCUT2D eigenvalue weighted by molar-refractivity contribution is 5.71. The molecule has 1 rings (SSSR count). The van der Waals surface area contributed by atoms with Crippen molar-refractivity contribution < 1.29 is 9.53 Å². The SMILES string of the molecule is COC(=O)CN1CCC(C)(C)CC1. The van der Waals surface area contributed by atoms with Gasteiger partial charge < -0.3 is 4.74 Å². The largest absolute Gasteiger partial charge is 0.468 e. The predicted octanol–water partition coefficient (Wildman–Crippen LogP) is 1.28. The van der Waals surface area contributed by atoms with E-state index in [9.17, 15) is 4.79 Å². The summed E-state index contributed by atoms with van der Waals surface area (Å²) in [6.07, 6.45) is 2.34. The molecular formula is C10H19NO2. The van der Waals surface area contributed by atoms with Gasteiger partial charge in [0, 0.05) is 0 Å². The lowest BCUT2D eigenvalue weighted by atomic mass is 9.83. The van der Waals surface area contributed by atoms with E-state index in [-0.39, 0.29) is 5.97 Å². The van der Waals surface area contributed by atoms with Crippen molar-refractivity contribution in [2.24, 2.45) is 5.41 Å². The highest BCUT2D eigenvalue weighted by atomic mass is 16.5. The monoisotopic (exact) mass is 185 g/mol. The van der Waals surface area contributed by atoms with Crippen LogP contribution in [0.4, 0.5) is 0 Å². The highest BCUT2D eigenvalue weighted by Gasteiger charge is 2.26. The van der Waals surface area contributed by atoms with Crippen LogP contribution in [0.5, 0.6) is 0 Å². The van der Waals surface area contributed by atoms with Crippen LogP contribution in [0, 0.1) is 5.41 Å². The number of piperidine rings is 1. The van der Waals surface area contributed by atoms with E-state index in [1.807, 2.05) is 0 Å². The van der Waals surface area contributed by atoms with Gasteiger partial charge in [0.15, 0.2) is 0 Å². The Balaban J connectivity index is 2.29. The van der Waals surface area contributed by atoms with Crippen molar-refractivity contribution in [3.05, 3.63) is 0 Å². The fourth-order valence-electron chi connectivity index (χ4n) is 1.56. The number of carbonyl (C=O) groups is 1. The Labute approximate surface area is 80.1 Å². The summed E-state index contributed by atoms with van der Waals surface area (Å²) < 4.78 is 4.62. The van der Waals surface area contributed by atoms with Gasteiger partial charge in [-0.3, -0.25) is 9.69 Å². The van der Waals surface area contributed by atoms with Gasteiger partial charge in [-0.15, -0.1) is 0 Å². The number of nitrogens with zero attached hydrogens (tertiary/aromatic N) is 1. The molecular weight excluding hydrogens is 166 g/mol. The number of hydrogen-bond acceptors (Lipinski definition) is 3. The standard InChI is InChI=1S/C10H19NO2/c1-10(2)4-6-11(7-5-10)8-9(12)13-3/h4-8H2,1-3H3. The number of rotatable bonds is 2. The summed E-state index contributed by atoms with van der Waals surface area (Å²) in [5.74, 6) is -0.125. The van der Waals surface area contributed by atoms with Crippen LogP contribution in [0.3, 0.4) is 0 Å². The molecule has 1 saturated heterocycles. The molecule has 0 aromatic heterocycles. The van der Waals surface area contributed by atoms with E-state index in [1.165, 1.54) is 20.0 Å². The molecule has 0 unspecified atom stereocenters.